The van der Waals surface area contributed by atoms with Crippen molar-refractivity contribution in [3.8, 4) is 79.4 Å². The molecule has 0 saturated carbocycles. The number of fused-ring (bicyclic) bond motifs is 16. The number of nitrogens with zero attached hydrogens (tertiary/aromatic N) is 6. The number of hydrogen-bond acceptors (Lipinski definition) is 3. The Morgan fingerprint density at radius 3 is 1.01 bits per heavy atom. The highest BCUT2D eigenvalue weighted by Gasteiger charge is 2.36. The first-order valence-electron chi connectivity index (χ1n) is 31.4. The summed E-state index contributed by atoms with van der Waals surface area (Å²) in [7, 11) is 0. The molecule has 0 amide bonds. The van der Waals surface area contributed by atoms with Crippen LogP contribution >= 0.6 is 0 Å². The van der Waals surface area contributed by atoms with E-state index in [1.54, 1.807) is 0 Å². The summed E-state index contributed by atoms with van der Waals surface area (Å²) in [4.78, 5) is 0. The molecule has 93 heavy (non-hydrogen) atoms. The molecular weight excluding hydrogens is 1130 g/mol. The van der Waals surface area contributed by atoms with E-state index < -0.39 is 0 Å². The molecule has 19 rings (SSSR count). The number of nitriles is 2. The molecule has 0 N–H and O–H groups in total. The van der Waals surface area contributed by atoms with Crippen LogP contribution in [-0.4, -0.2) is 18.3 Å². The van der Waals surface area contributed by atoms with Crippen molar-refractivity contribution in [1.82, 2.24) is 18.3 Å². The second-order valence-corrected chi connectivity index (χ2v) is 24.0. The Morgan fingerprint density at radius 1 is 0.247 bits per heavy atom. The van der Waals surface area contributed by atoms with Crippen LogP contribution in [0.15, 0.2) is 308 Å². The van der Waals surface area contributed by atoms with Crippen molar-refractivity contribution in [1.29, 1.82) is 10.5 Å². The molecule has 0 unspecified atom stereocenters. The van der Waals surface area contributed by atoms with E-state index in [4.69, 9.17) is 4.42 Å². The first-order chi connectivity index (χ1) is 46.1. The number of hydrogen-bond donors (Lipinski definition) is 0. The Balaban J connectivity index is 1.12. The van der Waals surface area contributed by atoms with Gasteiger partial charge in [0.2, 0.25) is 0 Å². The van der Waals surface area contributed by atoms with Crippen molar-refractivity contribution in [3.63, 3.8) is 0 Å². The van der Waals surface area contributed by atoms with Crippen LogP contribution in [0.3, 0.4) is 0 Å². The normalized spacial score (nSPS) is 11.8. The summed E-state index contributed by atoms with van der Waals surface area (Å²) >= 11 is 0. The fourth-order valence-electron chi connectivity index (χ4n) is 15.5. The van der Waals surface area contributed by atoms with E-state index in [1.165, 1.54) is 0 Å². The second-order valence-electron chi connectivity index (χ2n) is 24.0. The number of aromatic nitrogens is 4. The summed E-state index contributed by atoms with van der Waals surface area (Å²) in [6.07, 6.45) is 0. The van der Waals surface area contributed by atoms with Gasteiger partial charge in [0, 0.05) is 53.9 Å². The lowest BCUT2D eigenvalue weighted by atomic mass is 9.88. The largest absolute Gasteiger partial charge is 0.454 e. The predicted molar refractivity (Wildman–Crippen MR) is 382 cm³/mol. The molecule has 0 fully saturated rings. The molecule has 5 heterocycles. The molecule has 0 aliphatic heterocycles. The van der Waals surface area contributed by atoms with Crippen LogP contribution in [0.5, 0.6) is 0 Å². The molecule has 0 saturated heterocycles. The van der Waals surface area contributed by atoms with Crippen LogP contribution in [0.2, 0.25) is 0 Å². The highest BCUT2D eigenvalue weighted by Crippen LogP contribution is 2.53. The molecule has 14 aromatic carbocycles. The summed E-state index contributed by atoms with van der Waals surface area (Å²) in [5, 5.41) is 36.4. The molecule has 0 radical (unpaired) electrons. The van der Waals surface area contributed by atoms with Crippen LogP contribution in [0, 0.1) is 22.7 Å². The summed E-state index contributed by atoms with van der Waals surface area (Å²) in [6.45, 7) is 0. The zero-order chi connectivity index (χ0) is 61.4. The van der Waals surface area contributed by atoms with E-state index in [1.807, 2.05) is 12.1 Å². The van der Waals surface area contributed by atoms with Gasteiger partial charge in [-0.25, -0.2) is 0 Å². The second kappa shape index (κ2) is 20.3. The van der Waals surface area contributed by atoms with Gasteiger partial charge in [0.1, 0.15) is 28.8 Å². The molecule has 0 spiro atoms. The van der Waals surface area contributed by atoms with Crippen LogP contribution in [0.4, 0.5) is 0 Å². The van der Waals surface area contributed by atoms with E-state index in [2.05, 4.69) is 322 Å². The van der Waals surface area contributed by atoms with Gasteiger partial charge >= 0.3 is 0 Å². The number of benzene rings is 14. The van der Waals surface area contributed by atoms with Gasteiger partial charge < -0.3 is 22.7 Å². The predicted octanol–water partition coefficient (Wildman–Crippen LogP) is 22.4. The highest BCUT2D eigenvalue weighted by atomic mass is 16.3. The topological polar surface area (TPSA) is 80.4 Å². The minimum absolute atomic E-state index is 0.350. The quantitative estimate of drug-likeness (QED) is 0.152. The minimum atomic E-state index is 0.350. The lowest BCUT2D eigenvalue weighted by Gasteiger charge is -2.27. The Morgan fingerprint density at radius 2 is 0.581 bits per heavy atom. The van der Waals surface area contributed by atoms with Gasteiger partial charge in [-0.2, -0.15) is 10.5 Å². The fraction of sp³-hybridized carbons (Fsp3) is 0. The first kappa shape index (κ1) is 52.0. The summed E-state index contributed by atoms with van der Waals surface area (Å²) in [5.74, 6) is 0. The third kappa shape index (κ3) is 7.45. The van der Waals surface area contributed by atoms with Crippen LogP contribution in [0.1, 0.15) is 11.1 Å². The zero-order valence-corrected chi connectivity index (χ0v) is 50.0. The third-order valence-electron chi connectivity index (χ3n) is 19.3. The van der Waals surface area contributed by atoms with Gasteiger partial charge in [-0.3, -0.25) is 0 Å². The lowest BCUT2D eigenvalue weighted by molar-refractivity contribution is 0.671. The highest BCUT2D eigenvalue weighted by molar-refractivity contribution is 6.26. The molecule has 0 atom stereocenters. The fourth-order valence-corrected chi connectivity index (χ4v) is 15.5. The van der Waals surface area contributed by atoms with E-state index in [9.17, 15) is 10.5 Å². The summed E-state index contributed by atoms with van der Waals surface area (Å²) in [6, 6.07) is 113. The molecule has 5 aromatic heterocycles. The Kier molecular flexibility index (Phi) is 11.4. The Bertz CT molecular complexity index is 6300. The van der Waals surface area contributed by atoms with Crippen molar-refractivity contribution in [2.24, 2.45) is 0 Å². The molecule has 7 nitrogen and oxygen atoms in total. The van der Waals surface area contributed by atoms with Crippen molar-refractivity contribution >= 4 is 109 Å². The molecule has 19 aromatic rings. The average molecular weight is 1180 g/mol. The van der Waals surface area contributed by atoms with Gasteiger partial charge in [-0.1, -0.05) is 243 Å². The number of rotatable bonds is 8. The summed E-state index contributed by atoms with van der Waals surface area (Å²) in [5.41, 5.74) is 19.5. The van der Waals surface area contributed by atoms with Gasteiger partial charge in [-0.15, -0.1) is 0 Å². The molecular formula is C86H50N6O. The maximum atomic E-state index is 13.4. The molecule has 0 aliphatic rings. The van der Waals surface area contributed by atoms with Gasteiger partial charge in [0.05, 0.1) is 66.9 Å². The SMILES string of the molecule is N#Cc1c(-n2c3ccccc3c3ccccc32)c(-n2c3ccccc3c3ccccc32)c(C#N)c(-n2c3cc(-c4ccccc4-c4ccccc4)cc(-c4ccccc4-c4ccccc4)c3c3ccc4c5ccccc5oc4c32)c1-n1c2ccccc2c2ccccc21. The zero-order valence-electron chi connectivity index (χ0n) is 50.0. The summed E-state index contributed by atoms with van der Waals surface area (Å²) < 4.78 is 16.5. The first-order valence-corrected chi connectivity index (χ1v) is 31.4. The number of furan rings is 1. The van der Waals surface area contributed by atoms with Gasteiger partial charge in [0.15, 0.2) is 5.58 Å². The molecule has 0 bridgehead atoms. The van der Waals surface area contributed by atoms with E-state index in [-0.39, 0.29) is 0 Å². The smallest absolute Gasteiger partial charge is 0.160 e. The maximum Gasteiger partial charge on any atom is 0.160 e. The van der Waals surface area contributed by atoms with Crippen LogP contribution in [-0.2, 0) is 0 Å². The molecule has 430 valence electrons. The Hall–Kier alpha value is -12.9. The van der Waals surface area contributed by atoms with E-state index in [0.29, 0.717) is 39.5 Å². The van der Waals surface area contributed by atoms with Gasteiger partial charge in [0.25, 0.3) is 0 Å². The van der Waals surface area contributed by atoms with Gasteiger partial charge in [-0.05, 0) is 105 Å². The lowest BCUT2D eigenvalue weighted by Crippen LogP contribution is -2.16. The maximum absolute atomic E-state index is 13.4. The molecule has 0 aliphatic carbocycles. The molecule has 7 heteroatoms. The third-order valence-corrected chi connectivity index (χ3v) is 19.3. The van der Waals surface area contributed by atoms with Crippen molar-refractivity contribution < 1.29 is 4.42 Å². The van der Waals surface area contributed by atoms with Crippen LogP contribution < -0.4 is 0 Å². The van der Waals surface area contributed by atoms with Crippen LogP contribution in [0.25, 0.3) is 176 Å². The number of para-hydroxylation sites is 7. The van der Waals surface area contributed by atoms with Crippen molar-refractivity contribution in [2.75, 3.05) is 0 Å². The minimum Gasteiger partial charge on any atom is -0.454 e. The van der Waals surface area contributed by atoms with E-state index in [0.717, 1.165) is 148 Å². The monoisotopic (exact) mass is 1180 g/mol. The van der Waals surface area contributed by atoms with Crippen molar-refractivity contribution in [2.45, 2.75) is 0 Å². The van der Waals surface area contributed by atoms with E-state index >= 15 is 0 Å². The van der Waals surface area contributed by atoms with Crippen molar-refractivity contribution in [3.05, 3.63) is 314 Å². The average Bonchev–Trinajstić information content (AvgIpc) is 1.56. The Labute approximate surface area is 533 Å². The standard InChI is InChI=1S/C86H50N6O/c87-51-70-81(89-72-40-18-11-33-60(72)61-34-12-19-41-73(61)89)82(90-74-42-20-13-35-62(74)63-36-14-21-43-75(63)90)71(52-88)84(83(70)91-76-44-22-15-37-64(76)65-38-16-23-45-77(65)91)92-78-50-55(58-31-8-7-29-56(58)53-25-3-1-4-26-53)49-69(59-32-10-9-30-57(59)54-27-5-2-6-28-54)80(78)68-48-47-67-66-39-17-24-46-79(66)93-86(67)85(68)92/h1-50H.